The minimum absolute atomic E-state index is 0.0696. The third-order valence-corrected chi connectivity index (χ3v) is 4.18. The van der Waals surface area contributed by atoms with Crippen LogP contribution in [0, 0.1) is 5.92 Å². The van der Waals surface area contributed by atoms with E-state index in [9.17, 15) is 4.79 Å². The van der Waals surface area contributed by atoms with Gasteiger partial charge in [0, 0.05) is 26.2 Å². The number of benzene rings is 1. The third-order valence-electron chi connectivity index (χ3n) is 4.18. The molecule has 120 valence electrons. The highest BCUT2D eigenvalue weighted by atomic mass is 16.5. The van der Waals surface area contributed by atoms with E-state index in [0.29, 0.717) is 0 Å². The number of ether oxygens (including phenoxy) is 1. The lowest BCUT2D eigenvalue weighted by atomic mass is 9.94. The lowest BCUT2D eigenvalue weighted by molar-refractivity contribution is -0.134. The Morgan fingerprint density at radius 2 is 2.09 bits per heavy atom. The highest BCUT2D eigenvalue weighted by Gasteiger charge is 2.26. The van der Waals surface area contributed by atoms with Crippen LogP contribution in [-0.2, 0) is 4.79 Å². The molecule has 0 fully saturated rings. The highest BCUT2D eigenvalue weighted by molar-refractivity contribution is 5.84. The summed E-state index contributed by atoms with van der Waals surface area (Å²) in [7, 11) is 3.74. The van der Waals surface area contributed by atoms with Crippen LogP contribution in [0.5, 0.6) is 5.75 Å². The minimum Gasteiger partial charge on any atom is -0.497 e. The fourth-order valence-corrected chi connectivity index (χ4v) is 2.97. The van der Waals surface area contributed by atoms with Crippen LogP contribution >= 0.6 is 0 Å². The van der Waals surface area contributed by atoms with Gasteiger partial charge in [-0.15, -0.1) is 0 Å². The highest BCUT2D eigenvalue weighted by Crippen LogP contribution is 2.26. The molecule has 4 heteroatoms. The average molecular weight is 302 g/mol. The summed E-state index contributed by atoms with van der Waals surface area (Å²) in [5, 5.41) is 0. The molecule has 0 N–H and O–H groups in total. The SMILES string of the molecule is CCN(CC)C(=O)[C@@H]1C=C(c2cccc(OC)c2)CN(C)C1. The molecule has 1 aromatic carbocycles. The number of carbonyl (C=O) groups is 1. The number of methoxy groups -OCH3 is 1. The summed E-state index contributed by atoms with van der Waals surface area (Å²) in [5.74, 6) is 0.995. The van der Waals surface area contributed by atoms with Gasteiger partial charge in [-0.25, -0.2) is 0 Å². The van der Waals surface area contributed by atoms with Gasteiger partial charge in [0.25, 0.3) is 0 Å². The van der Waals surface area contributed by atoms with E-state index >= 15 is 0 Å². The standard InChI is InChI=1S/C18H26N2O2/c1-5-20(6-2)18(21)16-10-15(12-19(3)13-16)14-8-7-9-17(11-14)22-4/h7-11,16H,5-6,12-13H2,1-4H3/t16-/m1/s1. The van der Waals surface area contributed by atoms with Crippen molar-refractivity contribution in [3.63, 3.8) is 0 Å². The second-order valence-electron chi connectivity index (χ2n) is 5.74. The first-order chi connectivity index (χ1) is 10.6. The first-order valence-electron chi connectivity index (χ1n) is 7.91. The summed E-state index contributed by atoms with van der Waals surface area (Å²) in [6, 6.07) is 8.04. The zero-order chi connectivity index (χ0) is 16.1. The normalized spacial score (nSPS) is 18.7. The van der Waals surface area contributed by atoms with Crippen molar-refractivity contribution in [2.45, 2.75) is 13.8 Å². The molecule has 0 aliphatic carbocycles. The maximum atomic E-state index is 12.6. The predicted octanol–water partition coefficient (Wildman–Crippen LogP) is 2.51. The average Bonchev–Trinajstić information content (AvgIpc) is 2.55. The molecule has 1 aliphatic heterocycles. The van der Waals surface area contributed by atoms with Gasteiger partial charge in [0.15, 0.2) is 0 Å². The Hall–Kier alpha value is -1.81. The van der Waals surface area contributed by atoms with E-state index < -0.39 is 0 Å². The zero-order valence-electron chi connectivity index (χ0n) is 14.0. The lowest BCUT2D eigenvalue weighted by Gasteiger charge is -2.32. The van der Waals surface area contributed by atoms with Gasteiger partial charge in [-0.1, -0.05) is 18.2 Å². The summed E-state index contributed by atoms with van der Waals surface area (Å²) >= 11 is 0. The Morgan fingerprint density at radius 3 is 2.73 bits per heavy atom. The van der Waals surface area contributed by atoms with E-state index in [4.69, 9.17) is 4.74 Å². The van der Waals surface area contributed by atoms with Gasteiger partial charge in [0.1, 0.15) is 5.75 Å². The van der Waals surface area contributed by atoms with Crippen molar-refractivity contribution >= 4 is 11.5 Å². The topological polar surface area (TPSA) is 32.8 Å². The molecule has 1 aromatic rings. The van der Waals surface area contributed by atoms with Crippen LogP contribution in [0.15, 0.2) is 30.3 Å². The first-order valence-corrected chi connectivity index (χ1v) is 7.91. The van der Waals surface area contributed by atoms with Crippen molar-refractivity contribution in [3.8, 4) is 5.75 Å². The van der Waals surface area contributed by atoms with E-state index in [0.717, 1.165) is 37.5 Å². The van der Waals surface area contributed by atoms with Crippen LogP contribution in [0.3, 0.4) is 0 Å². The first kappa shape index (κ1) is 16.6. The van der Waals surface area contributed by atoms with Gasteiger partial charge in [-0.2, -0.15) is 0 Å². The summed E-state index contributed by atoms with van der Waals surface area (Å²) < 4.78 is 5.30. The van der Waals surface area contributed by atoms with Crippen molar-refractivity contribution in [1.29, 1.82) is 0 Å². The number of likely N-dealkylation sites (N-methyl/N-ethyl adjacent to an activating group) is 1. The quantitative estimate of drug-likeness (QED) is 0.838. The van der Waals surface area contributed by atoms with Crippen molar-refractivity contribution < 1.29 is 9.53 Å². The van der Waals surface area contributed by atoms with Gasteiger partial charge >= 0.3 is 0 Å². The van der Waals surface area contributed by atoms with Gasteiger partial charge in [0.2, 0.25) is 5.91 Å². The smallest absolute Gasteiger partial charge is 0.230 e. The second kappa shape index (κ2) is 7.45. The molecule has 0 radical (unpaired) electrons. The Morgan fingerprint density at radius 1 is 1.36 bits per heavy atom. The second-order valence-corrected chi connectivity index (χ2v) is 5.74. The zero-order valence-corrected chi connectivity index (χ0v) is 14.0. The molecular formula is C18H26N2O2. The molecule has 1 aliphatic rings. The number of hydrogen-bond acceptors (Lipinski definition) is 3. The van der Waals surface area contributed by atoms with Crippen molar-refractivity contribution in [3.05, 3.63) is 35.9 Å². The van der Waals surface area contributed by atoms with Crippen LogP contribution in [0.2, 0.25) is 0 Å². The van der Waals surface area contributed by atoms with Gasteiger partial charge < -0.3 is 14.5 Å². The molecule has 0 saturated carbocycles. The lowest BCUT2D eigenvalue weighted by Crippen LogP contribution is -2.42. The number of amides is 1. The van der Waals surface area contributed by atoms with Crippen molar-refractivity contribution in [2.75, 3.05) is 40.3 Å². The van der Waals surface area contributed by atoms with E-state index in [-0.39, 0.29) is 11.8 Å². The van der Waals surface area contributed by atoms with E-state index in [1.807, 2.05) is 36.9 Å². The molecule has 0 bridgehead atoms. The Labute approximate surface area is 133 Å². The minimum atomic E-state index is -0.0696. The third kappa shape index (κ3) is 3.69. The summed E-state index contributed by atoms with van der Waals surface area (Å²) in [5.41, 5.74) is 2.32. The van der Waals surface area contributed by atoms with Crippen LogP contribution in [0.1, 0.15) is 19.4 Å². The molecular weight excluding hydrogens is 276 g/mol. The molecule has 1 heterocycles. The Balaban J connectivity index is 2.28. The van der Waals surface area contributed by atoms with Crippen LogP contribution in [0.4, 0.5) is 0 Å². The summed E-state index contributed by atoms with van der Waals surface area (Å²) in [6.07, 6.45) is 2.13. The predicted molar refractivity (Wildman–Crippen MR) is 89.9 cm³/mol. The van der Waals surface area contributed by atoms with Crippen molar-refractivity contribution in [1.82, 2.24) is 9.80 Å². The fourth-order valence-electron chi connectivity index (χ4n) is 2.97. The van der Waals surface area contributed by atoms with Gasteiger partial charge in [-0.3, -0.25) is 4.79 Å². The van der Waals surface area contributed by atoms with Crippen LogP contribution in [0.25, 0.3) is 5.57 Å². The molecule has 1 atom stereocenters. The van der Waals surface area contributed by atoms with Crippen LogP contribution in [-0.4, -0.2) is 56.0 Å². The van der Waals surface area contributed by atoms with E-state index in [1.54, 1.807) is 7.11 Å². The number of carbonyl (C=O) groups excluding carboxylic acids is 1. The van der Waals surface area contributed by atoms with Crippen molar-refractivity contribution in [2.24, 2.45) is 5.92 Å². The largest absolute Gasteiger partial charge is 0.497 e. The van der Waals surface area contributed by atoms with Gasteiger partial charge in [0.05, 0.1) is 13.0 Å². The van der Waals surface area contributed by atoms with E-state index in [1.165, 1.54) is 5.57 Å². The summed E-state index contributed by atoms with van der Waals surface area (Å²) in [4.78, 5) is 16.8. The molecule has 0 spiro atoms. The molecule has 0 saturated heterocycles. The maximum Gasteiger partial charge on any atom is 0.230 e. The molecule has 4 nitrogen and oxygen atoms in total. The maximum absolute atomic E-state index is 12.6. The summed E-state index contributed by atoms with van der Waals surface area (Å²) in [6.45, 7) is 7.22. The number of nitrogens with zero attached hydrogens (tertiary/aromatic N) is 2. The Kier molecular flexibility index (Phi) is 5.61. The molecule has 2 rings (SSSR count). The monoisotopic (exact) mass is 302 g/mol. The molecule has 22 heavy (non-hydrogen) atoms. The number of hydrogen-bond donors (Lipinski definition) is 0. The number of rotatable bonds is 5. The molecule has 0 unspecified atom stereocenters. The Bertz CT molecular complexity index is 550. The molecule has 1 amide bonds. The van der Waals surface area contributed by atoms with Gasteiger partial charge in [-0.05, 0) is 44.2 Å². The van der Waals surface area contributed by atoms with Crippen LogP contribution < -0.4 is 4.74 Å². The fraction of sp³-hybridized carbons (Fsp3) is 0.500. The molecule has 0 aromatic heterocycles. The van der Waals surface area contributed by atoms with E-state index in [2.05, 4.69) is 24.1 Å².